The lowest BCUT2D eigenvalue weighted by molar-refractivity contribution is -0.137. The van der Waals surface area contributed by atoms with Gasteiger partial charge in [0.1, 0.15) is 12.4 Å². The van der Waals surface area contributed by atoms with E-state index in [4.69, 9.17) is 0 Å². The molecule has 1 saturated heterocycles. The van der Waals surface area contributed by atoms with Crippen molar-refractivity contribution in [2.75, 3.05) is 13.1 Å². The van der Waals surface area contributed by atoms with Crippen LogP contribution in [0.3, 0.4) is 0 Å². The topological polar surface area (TPSA) is 63.9 Å². The highest BCUT2D eigenvalue weighted by Gasteiger charge is 2.30. The maximum Gasteiger partial charge on any atom is 0.247 e. The largest absolute Gasteiger partial charge is 0.341 e. The minimum absolute atomic E-state index is 0.124. The first-order chi connectivity index (χ1) is 11.3. The average Bonchev–Trinajstić information content (AvgIpc) is 3.14. The fourth-order valence-corrected chi connectivity index (χ4v) is 3.25. The van der Waals surface area contributed by atoms with E-state index in [0.29, 0.717) is 12.3 Å². The van der Waals surface area contributed by atoms with Crippen molar-refractivity contribution in [3.8, 4) is 0 Å². The van der Waals surface area contributed by atoms with Crippen LogP contribution in [0.5, 0.6) is 0 Å². The highest BCUT2D eigenvalue weighted by Crippen LogP contribution is 2.23. The Kier molecular flexibility index (Phi) is 5.00. The standard InChI is InChI=1S/C17H23N5O/c1-2-14-9-6-10-21(12-14)17(23)16(22-13-18-19-20-22)11-15-7-4-3-5-8-15/h3-5,7-8,13-14,16H,2,6,9-12H2,1H3/t14-,16-/m0/s1. The van der Waals surface area contributed by atoms with E-state index in [1.54, 1.807) is 4.68 Å². The second-order valence-electron chi connectivity index (χ2n) is 6.20. The van der Waals surface area contributed by atoms with Gasteiger partial charge in [0.05, 0.1) is 0 Å². The van der Waals surface area contributed by atoms with E-state index >= 15 is 0 Å². The first kappa shape index (κ1) is 15.6. The molecular formula is C17H23N5O. The lowest BCUT2D eigenvalue weighted by Crippen LogP contribution is -2.44. The summed E-state index contributed by atoms with van der Waals surface area (Å²) >= 11 is 0. The van der Waals surface area contributed by atoms with Gasteiger partial charge in [0.2, 0.25) is 5.91 Å². The van der Waals surface area contributed by atoms with Crippen molar-refractivity contribution < 1.29 is 4.79 Å². The number of benzene rings is 1. The number of tetrazole rings is 1. The summed E-state index contributed by atoms with van der Waals surface area (Å²) in [6, 6.07) is 9.66. The van der Waals surface area contributed by atoms with Crippen molar-refractivity contribution in [2.24, 2.45) is 5.92 Å². The molecule has 23 heavy (non-hydrogen) atoms. The number of rotatable bonds is 5. The number of likely N-dealkylation sites (tertiary alicyclic amines) is 1. The van der Waals surface area contributed by atoms with Crippen LogP contribution in [0.4, 0.5) is 0 Å². The smallest absolute Gasteiger partial charge is 0.247 e. The number of carbonyl (C=O) groups excluding carboxylic acids is 1. The molecule has 2 atom stereocenters. The first-order valence-corrected chi connectivity index (χ1v) is 8.33. The number of aromatic nitrogens is 4. The van der Waals surface area contributed by atoms with Crippen LogP contribution in [0, 0.1) is 5.92 Å². The molecule has 1 aromatic carbocycles. The van der Waals surface area contributed by atoms with E-state index in [1.807, 2.05) is 35.2 Å². The van der Waals surface area contributed by atoms with Crippen molar-refractivity contribution in [3.05, 3.63) is 42.2 Å². The van der Waals surface area contributed by atoms with Crippen molar-refractivity contribution in [2.45, 2.75) is 38.6 Å². The maximum absolute atomic E-state index is 13.1. The third kappa shape index (κ3) is 3.75. The third-order valence-corrected chi connectivity index (χ3v) is 4.65. The molecule has 0 N–H and O–H groups in total. The lowest BCUT2D eigenvalue weighted by atomic mass is 9.94. The molecule has 1 aliphatic rings. The number of piperidine rings is 1. The van der Waals surface area contributed by atoms with Crippen LogP contribution in [0.1, 0.15) is 37.8 Å². The van der Waals surface area contributed by atoms with Gasteiger partial charge in [-0.2, -0.15) is 0 Å². The highest BCUT2D eigenvalue weighted by atomic mass is 16.2. The molecule has 0 bridgehead atoms. The second kappa shape index (κ2) is 7.35. The Hall–Kier alpha value is -2.24. The number of nitrogens with zero attached hydrogens (tertiary/aromatic N) is 5. The summed E-state index contributed by atoms with van der Waals surface area (Å²) in [5.41, 5.74) is 1.12. The molecule has 0 saturated carbocycles. The number of amides is 1. The van der Waals surface area contributed by atoms with E-state index in [9.17, 15) is 4.79 Å². The zero-order chi connectivity index (χ0) is 16.1. The molecule has 122 valence electrons. The van der Waals surface area contributed by atoms with Crippen LogP contribution < -0.4 is 0 Å². The zero-order valence-corrected chi connectivity index (χ0v) is 13.5. The Morgan fingerprint density at radius 1 is 1.35 bits per heavy atom. The zero-order valence-electron chi connectivity index (χ0n) is 13.5. The molecule has 0 spiro atoms. The molecule has 2 heterocycles. The Morgan fingerprint density at radius 2 is 2.17 bits per heavy atom. The molecule has 0 unspecified atom stereocenters. The predicted octanol–water partition coefficient (Wildman–Crippen LogP) is 2.11. The summed E-state index contributed by atoms with van der Waals surface area (Å²) in [7, 11) is 0. The van der Waals surface area contributed by atoms with Gasteiger partial charge in [-0.05, 0) is 34.7 Å². The third-order valence-electron chi connectivity index (χ3n) is 4.65. The van der Waals surface area contributed by atoms with Gasteiger partial charge in [-0.3, -0.25) is 4.79 Å². The minimum Gasteiger partial charge on any atom is -0.341 e. The Labute approximate surface area is 136 Å². The van der Waals surface area contributed by atoms with Gasteiger partial charge < -0.3 is 4.90 Å². The molecule has 3 rings (SSSR count). The Balaban J connectivity index is 1.79. The van der Waals surface area contributed by atoms with Crippen molar-refractivity contribution >= 4 is 5.91 Å². The summed E-state index contributed by atoms with van der Waals surface area (Å²) in [5, 5.41) is 11.4. The number of carbonyl (C=O) groups is 1. The van der Waals surface area contributed by atoms with Gasteiger partial charge in [-0.25, -0.2) is 4.68 Å². The molecule has 2 aromatic rings. The number of hydrogen-bond donors (Lipinski definition) is 0. The second-order valence-corrected chi connectivity index (χ2v) is 6.20. The van der Waals surface area contributed by atoms with Crippen LogP contribution in [0.2, 0.25) is 0 Å². The first-order valence-electron chi connectivity index (χ1n) is 8.33. The van der Waals surface area contributed by atoms with Gasteiger partial charge in [0, 0.05) is 19.5 Å². The summed E-state index contributed by atoms with van der Waals surface area (Å²) < 4.78 is 1.59. The summed E-state index contributed by atoms with van der Waals surface area (Å²) in [6.07, 6.45) is 5.56. The van der Waals surface area contributed by atoms with E-state index in [1.165, 1.54) is 12.7 Å². The highest BCUT2D eigenvalue weighted by molar-refractivity contribution is 5.80. The molecule has 0 aliphatic carbocycles. The van der Waals surface area contributed by atoms with Crippen LogP contribution in [0.15, 0.2) is 36.7 Å². The van der Waals surface area contributed by atoms with Crippen molar-refractivity contribution in [1.29, 1.82) is 0 Å². The Bertz CT molecular complexity index is 613. The van der Waals surface area contributed by atoms with Crippen LogP contribution >= 0.6 is 0 Å². The lowest BCUT2D eigenvalue weighted by Gasteiger charge is -2.34. The molecule has 6 heteroatoms. The van der Waals surface area contributed by atoms with Gasteiger partial charge in [0.15, 0.2) is 0 Å². The van der Waals surface area contributed by atoms with E-state index < -0.39 is 0 Å². The molecule has 1 amide bonds. The number of hydrogen-bond acceptors (Lipinski definition) is 4. The molecular weight excluding hydrogens is 290 g/mol. The summed E-state index contributed by atoms with van der Waals surface area (Å²) in [6.45, 7) is 3.88. The van der Waals surface area contributed by atoms with E-state index in [-0.39, 0.29) is 11.9 Å². The van der Waals surface area contributed by atoms with Crippen LogP contribution in [-0.4, -0.2) is 44.1 Å². The molecule has 1 fully saturated rings. The van der Waals surface area contributed by atoms with E-state index in [2.05, 4.69) is 22.4 Å². The average molecular weight is 313 g/mol. The minimum atomic E-state index is -0.372. The molecule has 1 aromatic heterocycles. The van der Waals surface area contributed by atoms with Gasteiger partial charge >= 0.3 is 0 Å². The van der Waals surface area contributed by atoms with Crippen LogP contribution in [-0.2, 0) is 11.2 Å². The molecule has 0 radical (unpaired) electrons. The maximum atomic E-state index is 13.1. The summed E-state index contributed by atoms with van der Waals surface area (Å²) in [5.74, 6) is 0.734. The monoisotopic (exact) mass is 313 g/mol. The molecule has 1 aliphatic heterocycles. The van der Waals surface area contributed by atoms with Crippen LogP contribution in [0.25, 0.3) is 0 Å². The predicted molar refractivity (Wildman–Crippen MR) is 86.6 cm³/mol. The van der Waals surface area contributed by atoms with Gasteiger partial charge in [0.25, 0.3) is 0 Å². The Morgan fingerprint density at radius 3 is 2.87 bits per heavy atom. The normalized spacial score (nSPS) is 19.5. The van der Waals surface area contributed by atoms with Crippen molar-refractivity contribution in [1.82, 2.24) is 25.1 Å². The SMILES string of the molecule is CC[C@H]1CCCN(C(=O)[C@H](Cc2ccccc2)n2cnnn2)C1. The summed E-state index contributed by atoms with van der Waals surface area (Å²) in [4.78, 5) is 15.1. The van der Waals surface area contributed by atoms with Gasteiger partial charge in [-0.15, -0.1) is 5.10 Å². The van der Waals surface area contributed by atoms with E-state index in [0.717, 1.165) is 31.5 Å². The fraction of sp³-hybridized carbons (Fsp3) is 0.529. The molecule has 6 nitrogen and oxygen atoms in total. The quantitative estimate of drug-likeness (QED) is 0.848. The van der Waals surface area contributed by atoms with Gasteiger partial charge in [-0.1, -0.05) is 43.7 Å². The van der Waals surface area contributed by atoms with Crippen molar-refractivity contribution in [3.63, 3.8) is 0 Å². The fourth-order valence-electron chi connectivity index (χ4n) is 3.25.